The number of sulfonamides is 1. The van der Waals surface area contributed by atoms with E-state index in [0.717, 1.165) is 22.4 Å². The predicted molar refractivity (Wildman–Crippen MR) is 90.0 cm³/mol. The minimum atomic E-state index is -3.64. The molecule has 0 aliphatic rings. The molecule has 0 atom stereocenters. The van der Waals surface area contributed by atoms with Gasteiger partial charge in [-0.25, -0.2) is 13.1 Å². The summed E-state index contributed by atoms with van der Waals surface area (Å²) >= 11 is 1.06. The standard InChI is InChI=1S/C15H15N3O3S2/c1-2-18-13-4-3-12(9-14(13)22-15(18)19)23(20,21)17-10-11-5-7-16-8-6-11/h3-9,17H,2,10H2,1H3. The Bertz CT molecular complexity index is 992. The zero-order chi connectivity index (χ0) is 16.4. The third kappa shape index (κ3) is 3.19. The molecule has 23 heavy (non-hydrogen) atoms. The van der Waals surface area contributed by atoms with Crippen LogP contribution in [0, 0.1) is 0 Å². The van der Waals surface area contributed by atoms with Gasteiger partial charge in [0.1, 0.15) is 0 Å². The van der Waals surface area contributed by atoms with Crippen molar-refractivity contribution in [3.63, 3.8) is 0 Å². The second-order valence-corrected chi connectivity index (χ2v) is 7.68. The summed E-state index contributed by atoms with van der Waals surface area (Å²) < 4.78 is 29.7. The second-order valence-electron chi connectivity index (χ2n) is 4.92. The van der Waals surface area contributed by atoms with Gasteiger partial charge in [-0.3, -0.25) is 14.3 Å². The number of hydrogen-bond acceptors (Lipinski definition) is 5. The number of fused-ring (bicyclic) bond motifs is 1. The van der Waals surface area contributed by atoms with Gasteiger partial charge in [-0.05, 0) is 42.8 Å². The van der Waals surface area contributed by atoms with Crippen LogP contribution in [0.1, 0.15) is 12.5 Å². The number of nitrogens with zero attached hydrogens (tertiary/aromatic N) is 2. The fourth-order valence-electron chi connectivity index (χ4n) is 2.28. The Kier molecular flexibility index (Phi) is 4.29. The lowest BCUT2D eigenvalue weighted by Crippen LogP contribution is -2.23. The van der Waals surface area contributed by atoms with Crippen molar-refractivity contribution in [2.24, 2.45) is 0 Å². The fraction of sp³-hybridized carbons (Fsp3) is 0.200. The van der Waals surface area contributed by atoms with E-state index < -0.39 is 10.0 Å². The Hall–Kier alpha value is -2.03. The third-order valence-corrected chi connectivity index (χ3v) is 5.82. The monoisotopic (exact) mass is 349 g/mol. The Morgan fingerprint density at radius 1 is 1.22 bits per heavy atom. The molecule has 0 saturated heterocycles. The van der Waals surface area contributed by atoms with Crippen LogP contribution >= 0.6 is 11.3 Å². The van der Waals surface area contributed by atoms with Crippen molar-refractivity contribution < 1.29 is 8.42 Å². The average Bonchev–Trinajstić information content (AvgIpc) is 2.88. The number of hydrogen-bond donors (Lipinski definition) is 1. The fourth-order valence-corrected chi connectivity index (χ4v) is 4.39. The first kappa shape index (κ1) is 15.9. The molecular formula is C15H15N3O3S2. The molecule has 3 aromatic rings. The van der Waals surface area contributed by atoms with Crippen LogP contribution in [0.4, 0.5) is 0 Å². The number of nitrogens with one attached hydrogen (secondary N) is 1. The molecule has 0 radical (unpaired) electrons. The molecule has 0 aliphatic heterocycles. The molecule has 0 spiro atoms. The van der Waals surface area contributed by atoms with Gasteiger partial charge in [-0.1, -0.05) is 11.3 Å². The molecular weight excluding hydrogens is 334 g/mol. The topological polar surface area (TPSA) is 81.1 Å². The van der Waals surface area contributed by atoms with Crippen molar-refractivity contribution in [3.8, 4) is 0 Å². The maximum absolute atomic E-state index is 12.4. The zero-order valence-electron chi connectivity index (χ0n) is 12.4. The lowest BCUT2D eigenvalue weighted by molar-refractivity contribution is 0.581. The Morgan fingerprint density at radius 2 is 1.96 bits per heavy atom. The number of aromatic nitrogens is 2. The first-order chi connectivity index (χ1) is 11.0. The van der Waals surface area contributed by atoms with E-state index in [4.69, 9.17) is 0 Å². The summed E-state index contributed by atoms with van der Waals surface area (Å²) in [5.74, 6) is 0. The van der Waals surface area contributed by atoms with Crippen LogP contribution < -0.4 is 9.60 Å². The maximum Gasteiger partial charge on any atom is 0.308 e. The van der Waals surface area contributed by atoms with Crippen LogP contribution in [0.3, 0.4) is 0 Å². The molecule has 8 heteroatoms. The van der Waals surface area contributed by atoms with Gasteiger partial charge >= 0.3 is 4.87 Å². The van der Waals surface area contributed by atoms with E-state index in [1.165, 1.54) is 6.07 Å². The van der Waals surface area contributed by atoms with E-state index in [2.05, 4.69) is 9.71 Å². The van der Waals surface area contributed by atoms with Crippen molar-refractivity contribution in [3.05, 3.63) is 58.0 Å². The summed E-state index contributed by atoms with van der Waals surface area (Å²) in [6.07, 6.45) is 3.22. The number of rotatable bonds is 5. The lowest BCUT2D eigenvalue weighted by atomic mass is 10.3. The first-order valence-electron chi connectivity index (χ1n) is 7.03. The van der Waals surface area contributed by atoms with E-state index in [-0.39, 0.29) is 16.3 Å². The highest BCUT2D eigenvalue weighted by atomic mass is 32.2. The number of aryl methyl sites for hydroxylation is 1. The Balaban J connectivity index is 1.91. The largest absolute Gasteiger partial charge is 0.308 e. The van der Waals surface area contributed by atoms with Gasteiger partial charge < -0.3 is 0 Å². The van der Waals surface area contributed by atoms with Crippen molar-refractivity contribution in [2.45, 2.75) is 24.9 Å². The van der Waals surface area contributed by atoms with Gasteiger partial charge in [0.25, 0.3) is 0 Å². The normalized spacial score (nSPS) is 11.9. The average molecular weight is 349 g/mol. The Morgan fingerprint density at radius 3 is 2.65 bits per heavy atom. The highest BCUT2D eigenvalue weighted by molar-refractivity contribution is 7.89. The predicted octanol–water partition coefficient (Wildman–Crippen LogP) is 1.96. The minimum Gasteiger partial charge on any atom is -0.299 e. The van der Waals surface area contributed by atoms with Crippen molar-refractivity contribution in [1.82, 2.24) is 14.3 Å². The quantitative estimate of drug-likeness (QED) is 0.763. The van der Waals surface area contributed by atoms with E-state index in [1.54, 1.807) is 41.2 Å². The van der Waals surface area contributed by atoms with Gasteiger partial charge in [-0.15, -0.1) is 0 Å². The minimum absolute atomic E-state index is 0.0817. The van der Waals surface area contributed by atoms with Gasteiger partial charge in [0.05, 0.1) is 15.1 Å². The molecule has 3 rings (SSSR count). The van der Waals surface area contributed by atoms with E-state index in [9.17, 15) is 13.2 Å². The lowest BCUT2D eigenvalue weighted by Gasteiger charge is -2.07. The second kappa shape index (κ2) is 6.23. The van der Waals surface area contributed by atoms with Crippen molar-refractivity contribution >= 4 is 31.6 Å². The number of thiazole rings is 1. The van der Waals surface area contributed by atoms with Crippen LogP contribution in [0.2, 0.25) is 0 Å². The highest BCUT2D eigenvalue weighted by Crippen LogP contribution is 2.21. The van der Waals surface area contributed by atoms with Crippen molar-refractivity contribution in [1.29, 1.82) is 0 Å². The molecule has 0 bridgehead atoms. The molecule has 6 nitrogen and oxygen atoms in total. The van der Waals surface area contributed by atoms with Crippen LogP contribution in [-0.2, 0) is 23.1 Å². The van der Waals surface area contributed by atoms with Crippen LogP contribution in [0.15, 0.2) is 52.4 Å². The molecule has 0 amide bonds. The summed E-state index contributed by atoms with van der Waals surface area (Å²) in [7, 11) is -3.64. The molecule has 0 fully saturated rings. The van der Waals surface area contributed by atoms with Gasteiger partial charge in [0.15, 0.2) is 0 Å². The molecule has 0 saturated carbocycles. The van der Waals surface area contributed by atoms with E-state index >= 15 is 0 Å². The summed E-state index contributed by atoms with van der Waals surface area (Å²) in [6, 6.07) is 8.24. The van der Waals surface area contributed by atoms with E-state index in [1.807, 2.05) is 6.92 Å². The molecule has 2 heterocycles. The summed E-state index contributed by atoms with van der Waals surface area (Å²) in [4.78, 5) is 15.8. The van der Waals surface area contributed by atoms with Gasteiger partial charge in [-0.2, -0.15) is 0 Å². The highest BCUT2D eigenvalue weighted by Gasteiger charge is 2.16. The smallest absolute Gasteiger partial charge is 0.299 e. The number of pyridine rings is 1. The van der Waals surface area contributed by atoms with Gasteiger partial charge in [0, 0.05) is 25.5 Å². The van der Waals surface area contributed by atoms with E-state index in [0.29, 0.717) is 11.2 Å². The molecule has 120 valence electrons. The Labute approximate surface area is 137 Å². The summed E-state index contributed by atoms with van der Waals surface area (Å²) in [5.41, 5.74) is 1.59. The molecule has 2 aromatic heterocycles. The van der Waals surface area contributed by atoms with Crippen LogP contribution in [-0.4, -0.2) is 18.0 Å². The van der Waals surface area contributed by atoms with Crippen LogP contribution in [0.5, 0.6) is 0 Å². The van der Waals surface area contributed by atoms with Crippen molar-refractivity contribution in [2.75, 3.05) is 0 Å². The summed E-state index contributed by atoms with van der Waals surface area (Å²) in [5, 5.41) is 0. The molecule has 0 aliphatic carbocycles. The molecule has 0 unspecified atom stereocenters. The summed E-state index contributed by atoms with van der Waals surface area (Å²) in [6.45, 7) is 2.63. The van der Waals surface area contributed by atoms with Crippen LogP contribution in [0.25, 0.3) is 10.2 Å². The molecule has 1 N–H and O–H groups in total. The first-order valence-corrected chi connectivity index (χ1v) is 9.33. The molecule has 1 aromatic carbocycles. The maximum atomic E-state index is 12.4. The number of benzene rings is 1. The third-order valence-electron chi connectivity index (χ3n) is 3.48. The zero-order valence-corrected chi connectivity index (χ0v) is 14.0. The van der Waals surface area contributed by atoms with Gasteiger partial charge in [0.2, 0.25) is 10.0 Å². The SMILES string of the molecule is CCn1c(=O)sc2cc(S(=O)(=O)NCc3ccncc3)ccc21.